The van der Waals surface area contributed by atoms with Gasteiger partial charge in [-0.2, -0.15) is 20.1 Å². The number of aromatic nitrogens is 6. The average molecular weight is 323 g/mol. The van der Waals surface area contributed by atoms with Crippen LogP contribution in [-0.2, 0) is 13.1 Å². The van der Waals surface area contributed by atoms with E-state index >= 15 is 0 Å². The molecular weight excluding hydrogens is 302 g/mol. The van der Waals surface area contributed by atoms with Gasteiger partial charge in [-0.1, -0.05) is 24.6 Å². The molecule has 0 amide bonds. The standard InChI is InChI=1S/C17H21N7/c1-2-6-16(7-3-1)24-19-10-15(21-24)11-22-9-5-4-8-17(22)12-23-14-18-13-20-23/h1-3,6-7,10,13-14,17H,4-5,8-9,11-12H2/t17-/m1/s1. The average Bonchev–Trinajstić information content (AvgIpc) is 3.29. The summed E-state index contributed by atoms with van der Waals surface area (Å²) in [6.45, 7) is 2.80. The molecule has 124 valence electrons. The van der Waals surface area contributed by atoms with Crippen molar-refractivity contribution in [2.24, 2.45) is 0 Å². The van der Waals surface area contributed by atoms with E-state index < -0.39 is 0 Å². The van der Waals surface area contributed by atoms with Gasteiger partial charge in [0.25, 0.3) is 0 Å². The van der Waals surface area contributed by atoms with Gasteiger partial charge in [0.2, 0.25) is 0 Å². The van der Waals surface area contributed by atoms with Crippen LogP contribution in [0.15, 0.2) is 49.2 Å². The Hall–Kier alpha value is -2.54. The Morgan fingerprint density at radius 1 is 1.08 bits per heavy atom. The highest BCUT2D eigenvalue weighted by Crippen LogP contribution is 2.20. The summed E-state index contributed by atoms with van der Waals surface area (Å²) < 4.78 is 1.92. The fraction of sp³-hybridized carbons (Fsp3) is 0.412. The number of hydrogen-bond donors (Lipinski definition) is 0. The van der Waals surface area contributed by atoms with Gasteiger partial charge in [0, 0.05) is 12.6 Å². The first-order valence-corrected chi connectivity index (χ1v) is 8.41. The molecule has 7 heteroatoms. The van der Waals surface area contributed by atoms with Gasteiger partial charge in [-0.05, 0) is 31.5 Å². The van der Waals surface area contributed by atoms with Crippen LogP contribution in [0.5, 0.6) is 0 Å². The number of nitrogens with zero attached hydrogens (tertiary/aromatic N) is 7. The molecule has 1 atom stereocenters. The number of rotatable bonds is 5. The molecule has 1 aromatic carbocycles. The summed E-state index contributed by atoms with van der Waals surface area (Å²) >= 11 is 0. The van der Waals surface area contributed by atoms with Gasteiger partial charge in [0.1, 0.15) is 12.7 Å². The number of para-hydroxylation sites is 1. The second-order valence-corrected chi connectivity index (χ2v) is 6.20. The molecule has 1 aliphatic heterocycles. The fourth-order valence-corrected chi connectivity index (χ4v) is 3.28. The third kappa shape index (κ3) is 3.35. The molecule has 1 aliphatic rings. The molecule has 7 nitrogen and oxygen atoms in total. The Kier molecular flexibility index (Phi) is 4.33. The molecular formula is C17H21N7. The van der Waals surface area contributed by atoms with Crippen LogP contribution in [0.25, 0.3) is 5.69 Å². The Labute approximate surface area is 140 Å². The van der Waals surface area contributed by atoms with Gasteiger partial charge in [-0.15, -0.1) is 0 Å². The highest BCUT2D eigenvalue weighted by Gasteiger charge is 2.24. The van der Waals surface area contributed by atoms with E-state index in [0.29, 0.717) is 6.04 Å². The molecule has 1 fully saturated rings. The number of piperidine rings is 1. The molecule has 0 N–H and O–H groups in total. The van der Waals surface area contributed by atoms with Gasteiger partial charge < -0.3 is 0 Å². The highest BCUT2D eigenvalue weighted by atomic mass is 15.5. The van der Waals surface area contributed by atoms with Crippen molar-refractivity contribution in [2.45, 2.75) is 38.4 Å². The van der Waals surface area contributed by atoms with Crippen molar-refractivity contribution in [1.29, 1.82) is 0 Å². The van der Waals surface area contributed by atoms with Crippen LogP contribution < -0.4 is 0 Å². The van der Waals surface area contributed by atoms with Crippen molar-refractivity contribution in [3.05, 3.63) is 54.9 Å². The molecule has 1 saturated heterocycles. The van der Waals surface area contributed by atoms with E-state index in [2.05, 4.69) is 25.2 Å². The summed E-state index contributed by atoms with van der Waals surface area (Å²) in [6, 6.07) is 10.5. The Balaban J connectivity index is 1.46. The molecule has 0 bridgehead atoms. The van der Waals surface area contributed by atoms with Crippen molar-refractivity contribution in [3.63, 3.8) is 0 Å². The maximum atomic E-state index is 4.64. The summed E-state index contributed by atoms with van der Waals surface area (Å²) in [5.74, 6) is 0. The first-order chi connectivity index (χ1) is 11.9. The fourth-order valence-electron chi connectivity index (χ4n) is 3.28. The quantitative estimate of drug-likeness (QED) is 0.718. The Bertz CT molecular complexity index is 750. The minimum absolute atomic E-state index is 0.474. The summed E-state index contributed by atoms with van der Waals surface area (Å²) in [5, 5.41) is 13.3. The molecule has 4 rings (SSSR count). The van der Waals surface area contributed by atoms with Crippen LogP contribution in [-0.4, -0.2) is 47.2 Å². The lowest BCUT2D eigenvalue weighted by molar-refractivity contribution is 0.120. The van der Waals surface area contributed by atoms with Crippen LogP contribution in [0.3, 0.4) is 0 Å². The zero-order chi connectivity index (χ0) is 16.2. The van der Waals surface area contributed by atoms with E-state index in [4.69, 9.17) is 0 Å². The SMILES string of the molecule is c1ccc(-n2ncc(CN3CCCC[C@@H]3Cn3cncn3)n2)cc1. The second kappa shape index (κ2) is 6.92. The third-order valence-electron chi connectivity index (χ3n) is 4.50. The molecule has 24 heavy (non-hydrogen) atoms. The Morgan fingerprint density at radius 2 is 2.00 bits per heavy atom. The van der Waals surface area contributed by atoms with E-state index in [-0.39, 0.29) is 0 Å². The van der Waals surface area contributed by atoms with Crippen LogP contribution >= 0.6 is 0 Å². The van der Waals surface area contributed by atoms with Gasteiger partial charge in [0.15, 0.2) is 0 Å². The second-order valence-electron chi connectivity index (χ2n) is 6.20. The van der Waals surface area contributed by atoms with Crippen LogP contribution in [0, 0.1) is 0 Å². The third-order valence-corrected chi connectivity index (χ3v) is 4.50. The number of likely N-dealkylation sites (tertiary alicyclic amines) is 1. The van der Waals surface area contributed by atoms with Gasteiger partial charge in [-0.3, -0.25) is 9.58 Å². The van der Waals surface area contributed by atoms with E-state index in [1.807, 2.05) is 41.2 Å². The lowest BCUT2D eigenvalue weighted by Gasteiger charge is -2.34. The minimum Gasteiger partial charge on any atom is -0.293 e. The topological polar surface area (TPSA) is 64.7 Å². The van der Waals surface area contributed by atoms with Crippen LogP contribution in [0.2, 0.25) is 0 Å². The zero-order valence-electron chi connectivity index (χ0n) is 13.6. The van der Waals surface area contributed by atoms with Crippen molar-refractivity contribution in [1.82, 2.24) is 34.7 Å². The van der Waals surface area contributed by atoms with E-state index in [9.17, 15) is 0 Å². The molecule has 0 spiro atoms. The molecule has 0 saturated carbocycles. The summed E-state index contributed by atoms with van der Waals surface area (Å²) in [4.78, 5) is 8.23. The van der Waals surface area contributed by atoms with E-state index in [0.717, 1.165) is 31.0 Å². The molecule has 0 aliphatic carbocycles. The van der Waals surface area contributed by atoms with E-state index in [1.165, 1.54) is 19.3 Å². The van der Waals surface area contributed by atoms with Crippen molar-refractivity contribution in [3.8, 4) is 5.69 Å². The van der Waals surface area contributed by atoms with Crippen molar-refractivity contribution in [2.75, 3.05) is 6.54 Å². The monoisotopic (exact) mass is 323 g/mol. The summed E-state index contributed by atoms with van der Waals surface area (Å²) in [6.07, 6.45) is 8.95. The first-order valence-electron chi connectivity index (χ1n) is 8.41. The molecule has 0 radical (unpaired) electrons. The van der Waals surface area contributed by atoms with Crippen LogP contribution in [0.4, 0.5) is 0 Å². The van der Waals surface area contributed by atoms with Gasteiger partial charge >= 0.3 is 0 Å². The molecule has 0 unspecified atom stereocenters. The van der Waals surface area contributed by atoms with E-state index in [1.54, 1.807) is 17.5 Å². The van der Waals surface area contributed by atoms with Gasteiger partial charge in [-0.25, -0.2) is 4.98 Å². The predicted octanol–water partition coefficient (Wildman–Crippen LogP) is 1.91. The molecule has 3 aromatic rings. The summed E-state index contributed by atoms with van der Waals surface area (Å²) in [7, 11) is 0. The molecule has 3 heterocycles. The lowest BCUT2D eigenvalue weighted by Crippen LogP contribution is -2.41. The Morgan fingerprint density at radius 3 is 2.83 bits per heavy atom. The largest absolute Gasteiger partial charge is 0.293 e. The smallest absolute Gasteiger partial charge is 0.137 e. The zero-order valence-corrected chi connectivity index (χ0v) is 13.6. The lowest BCUT2D eigenvalue weighted by atomic mass is 10.0. The minimum atomic E-state index is 0.474. The number of benzene rings is 1. The highest BCUT2D eigenvalue weighted by molar-refractivity contribution is 5.28. The first kappa shape index (κ1) is 15.0. The number of hydrogen-bond acceptors (Lipinski definition) is 5. The van der Waals surface area contributed by atoms with Gasteiger partial charge in [0.05, 0.1) is 24.1 Å². The normalized spacial score (nSPS) is 18.8. The van der Waals surface area contributed by atoms with Crippen molar-refractivity contribution < 1.29 is 0 Å². The summed E-state index contributed by atoms with van der Waals surface area (Å²) in [5.41, 5.74) is 1.99. The maximum Gasteiger partial charge on any atom is 0.137 e. The van der Waals surface area contributed by atoms with Crippen LogP contribution in [0.1, 0.15) is 25.0 Å². The molecule has 2 aromatic heterocycles. The van der Waals surface area contributed by atoms with Crippen molar-refractivity contribution >= 4 is 0 Å². The predicted molar refractivity (Wildman–Crippen MR) is 89.4 cm³/mol. The maximum absolute atomic E-state index is 4.64.